The maximum absolute atomic E-state index is 2.18. The lowest BCUT2D eigenvalue weighted by atomic mass is 9.97. The van der Waals surface area contributed by atoms with Crippen LogP contribution in [0.2, 0.25) is 0 Å². The molecule has 0 heterocycles. The molecule has 0 saturated heterocycles. The molecule has 0 aromatic heterocycles. The molecule has 0 unspecified atom stereocenters. The molecule has 0 saturated carbocycles. The molecule has 2 aromatic rings. The van der Waals surface area contributed by atoms with Gasteiger partial charge >= 0.3 is 0 Å². The molecule has 0 bridgehead atoms. The lowest BCUT2D eigenvalue weighted by molar-refractivity contribution is 0.824. The Labute approximate surface area is 90.7 Å². The molecule has 0 radical (unpaired) electrons. The van der Waals surface area contributed by atoms with Crippen molar-refractivity contribution in [3.63, 3.8) is 0 Å². The van der Waals surface area contributed by atoms with E-state index in [1.54, 1.807) is 0 Å². The second-order valence-electron chi connectivity index (χ2n) is 3.61. The minimum absolute atomic E-state index is 0. The van der Waals surface area contributed by atoms with Gasteiger partial charge in [0.2, 0.25) is 0 Å². The lowest BCUT2D eigenvalue weighted by Crippen LogP contribution is -1.85. The van der Waals surface area contributed by atoms with E-state index >= 15 is 0 Å². The van der Waals surface area contributed by atoms with Crippen molar-refractivity contribution in [1.82, 2.24) is 0 Å². The van der Waals surface area contributed by atoms with Crippen LogP contribution in [-0.4, -0.2) is 5.48 Å². The van der Waals surface area contributed by atoms with Crippen molar-refractivity contribution in [2.45, 2.75) is 13.8 Å². The number of rotatable bonds is 1. The smallest absolute Gasteiger partial charge is 0.0152 e. The Bertz CT molecular complexity index is 432. The summed E-state index contributed by atoms with van der Waals surface area (Å²) in [4.78, 5) is 0. The molecule has 78 valence electrons. The van der Waals surface area contributed by atoms with Crippen LogP contribution in [0, 0.1) is 13.8 Å². The van der Waals surface area contributed by atoms with Crippen molar-refractivity contribution in [2.75, 3.05) is 0 Å². The van der Waals surface area contributed by atoms with Gasteiger partial charge in [0.05, 0.1) is 0 Å². The Morgan fingerprint density at radius 1 is 0.733 bits per heavy atom. The summed E-state index contributed by atoms with van der Waals surface area (Å²) in [6.07, 6.45) is 0. The van der Waals surface area contributed by atoms with Crippen molar-refractivity contribution in [3.8, 4) is 11.1 Å². The molecule has 15 heavy (non-hydrogen) atoms. The molecule has 1 nitrogen and oxygen atoms in total. The van der Waals surface area contributed by atoms with Gasteiger partial charge in [-0.05, 0) is 36.1 Å². The van der Waals surface area contributed by atoms with Gasteiger partial charge in [0, 0.05) is 0 Å². The molecule has 2 aromatic carbocycles. The molecular formula is C14H16O. The zero-order valence-corrected chi connectivity index (χ0v) is 9.12. The molecule has 2 rings (SSSR count). The average molecular weight is 200 g/mol. The Morgan fingerprint density at radius 3 is 2.07 bits per heavy atom. The molecule has 0 amide bonds. The van der Waals surface area contributed by atoms with Gasteiger partial charge in [-0.1, -0.05) is 48.5 Å². The zero-order valence-electron chi connectivity index (χ0n) is 9.12. The highest BCUT2D eigenvalue weighted by Crippen LogP contribution is 2.24. The Morgan fingerprint density at radius 2 is 1.40 bits per heavy atom. The molecule has 0 atom stereocenters. The van der Waals surface area contributed by atoms with Gasteiger partial charge in [0.25, 0.3) is 0 Å². The maximum Gasteiger partial charge on any atom is -0.0152 e. The standard InChI is InChI=1S/C14H14.H2O/c1-11-7-6-10-14(12(11)2)13-8-4-3-5-9-13;/h3-10H,1-2H3;1H2. The second-order valence-corrected chi connectivity index (χ2v) is 3.61. The van der Waals surface area contributed by atoms with Crippen LogP contribution in [0.4, 0.5) is 0 Å². The van der Waals surface area contributed by atoms with Gasteiger partial charge < -0.3 is 5.48 Å². The predicted octanol–water partition coefficient (Wildman–Crippen LogP) is 3.15. The van der Waals surface area contributed by atoms with Gasteiger partial charge in [-0.2, -0.15) is 0 Å². The maximum atomic E-state index is 2.18. The third-order valence-corrected chi connectivity index (χ3v) is 2.69. The first kappa shape index (κ1) is 11.5. The van der Waals surface area contributed by atoms with Crippen molar-refractivity contribution in [3.05, 3.63) is 59.7 Å². The number of aryl methyl sites for hydroxylation is 1. The van der Waals surface area contributed by atoms with E-state index < -0.39 is 0 Å². The topological polar surface area (TPSA) is 31.5 Å². The Hall–Kier alpha value is -1.60. The fourth-order valence-electron chi connectivity index (χ4n) is 1.68. The van der Waals surface area contributed by atoms with Crippen LogP contribution in [0.5, 0.6) is 0 Å². The van der Waals surface area contributed by atoms with E-state index in [4.69, 9.17) is 0 Å². The normalized spacial score (nSPS) is 9.47. The van der Waals surface area contributed by atoms with Crippen molar-refractivity contribution in [1.29, 1.82) is 0 Å². The first-order chi connectivity index (χ1) is 6.79. The summed E-state index contributed by atoms with van der Waals surface area (Å²) in [5.74, 6) is 0. The van der Waals surface area contributed by atoms with Crippen LogP contribution in [0.3, 0.4) is 0 Å². The minimum Gasteiger partial charge on any atom is -0.412 e. The second kappa shape index (κ2) is 4.76. The third kappa shape index (κ3) is 2.25. The molecule has 2 N–H and O–H groups in total. The van der Waals surface area contributed by atoms with Crippen molar-refractivity contribution in [2.24, 2.45) is 0 Å². The SMILES string of the molecule is Cc1cccc(-c2ccccc2)c1C.O. The van der Waals surface area contributed by atoms with Crippen molar-refractivity contribution >= 4 is 0 Å². The number of hydrogen-bond donors (Lipinski definition) is 0. The molecular weight excluding hydrogens is 184 g/mol. The van der Waals surface area contributed by atoms with Gasteiger partial charge in [-0.25, -0.2) is 0 Å². The molecule has 0 aliphatic carbocycles. The Balaban J connectivity index is 0.00000112. The van der Waals surface area contributed by atoms with E-state index in [2.05, 4.69) is 62.4 Å². The monoisotopic (exact) mass is 200 g/mol. The summed E-state index contributed by atoms with van der Waals surface area (Å²) >= 11 is 0. The van der Waals surface area contributed by atoms with Crippen LogP contribution in [0.1, 0.15) is 11.1 Å². The number of hydrogen-bond acceptors (Lipinski definition) is 0. The summed E-state index contributed by atoms with van der Waals surface area (Å²) in [5, 5.41) is 0. The minimum atomic E-state index is 0. The summed E-state index contributed by atoms with van der Waals surface area (Å²) < 4.78 is 0. The van der Waals surface area contributed by atoms with E-state index in [0.717, 1.165) is 0 Å². The number of benzene rings is 2. The van der Waals surface area contributed by atoms with Gasteiger partial charge in [0.1, 0.15) is 0 Å². The Kier molecular flexibility index (Phi) is 3.64. The highest BCUT2D eigenvalue weighted by atomic mass is 16.0. The highest BCUT2D eigenvalue weighted by Gasteiger charge is 2.01. The highest BCUT2D eigenvalue weighted by molar-refractivity contribution is 5.68. The quantitative estimate of drug-likeness (QED) is 0.677. The van der Waals surface area contributed by atoms with Gasteiger partial charge in [-0.15, -0.1) is 0 Å². The van der Waals surface area contributed by atoms with E-state index in [0.29, 0.717) is 0 Å². The first-order valence-corrected chi connectivity index (χ1v) is 4.90. The van der Waals surface area contributed by atoms with Gasteiger partial charge in [-0.3, -0.25) is 0 Å². The first-order valence-electron chi connectivity index (χ1n) is 4.90. The van der Waals surface area contributed by atoms with Gasteiger partial charge in [0.15, 0.2) is 0 Å². The summed E-state index contributed by atoms with van der Waals surface area (Å²) in [7, 11) is 0. The van der Waals surface area contributed by atoms with Crippen LogP contribution in [0.15, 0.2) is 48.5 Å². The third-order valence-electron chi connectivity index (χ3n) is 2.69. The van der Waals surface area contributed by atoms with E-state index in [-0.39, 0.29) is 5.48 Å². The van der Waals surface area contributed by atoms with Crippen molar-refractivity contribution < 1.29 is 5.48 Å². The lowest BCUT2D eigenvalue weighted by Gasteiger charge is -2.07. The average Bonchev–Trinajstić information content (AvgIpc) is 2.23. The zero-order chi connectivity index (χ0) is 9.97. The van der Waals surface area contributed by atoms with Crippen LogP contribution in [0.25, 0.3) is 11.1 Å². The molecule has 1 heteroatoms. The summed E-state index contributed by atoms with van der Waals surface area (Å²) in [6.45, 7) is 4.33. The molecule has 0 spiro atoms. The van der Waals surface area contributed by atoms with Crippen LogP contribution in [-0.2, 0) is 0 Å². The van der Waals surface area contributed by atoms with E-state index in [1.807, 2.05) is 0 Å². The summed E-state index contributed by atoms with van der Waals surface area (Å²) in [6, 6.07) is 17.0. The largest absolute Gasteiger partial charge is 0.412 e. The molecule has 0 fully saturated rings. The fourth-order valence-corrected chi connectivity index (χ4v) is 1.68. The van der Waals surface area contributed by atoms with Crippen LogP contribution < -0.4 is 0 Å². The van der Waals surface area contributed by atoms with E-state index in [1.165, 1.54) is 22.3 Å². The summed E-state index contributed by atoms with van der Waals surface area (Å²) in [5.41, 5.74) is 5.37. The predicted molar refractivity (Wildman–Crippen MR) is 65.0 cm³/mol. The fraction of sp³-hybridized carbons (Fsp3) is 0.143. The molecule has 0 aliphatic heterocycles. The van der Waals surface area contributed by atoms with Crippen LogP contribution >= 0.6 is 0 Å². The van der Waals surface area contributed by atoms with E-state index in [9.17, 15) is 0 Å². The molecule has 0 aliphatic rings.